The van der Waals surface area contributed by atoms with Gasteiger partial charge in [-0.1, -0.05) is 24.3 Å². The minimum Gasteiger partial charge on any atom is -0.349 e. The third kappa shape index (κ3) is 4.17. The van der Waals surface area contributed by atoms with Gasteiger partial charge in [0.2, 0.25) is 0 Å². The molecule has 120 valence electrons. The van der Waals surface area contributed by atoms with Crippen LogP contribution in [0.2, 0.25) is 0 Å². The second kappa shape index (κ2) is 7.06. The number of benzene rings is 2. The number of para-hydroxylation sites is 1. The number of rotatable bonds is 6. The van der Waals surface area contributed by atoms with Crippen LogP contribution in [-0.4, -0.2) is 20.9 Å². The fraction of sp³-hybridized carbons (Fsp3) is 0.0625. The molecule has 0 fully saturated rings. The molecule has 0 spiro atoms. The van der Waals surface area contributed by atoms with E-state index in [0.717, 1.165) is 12.1 Å². The van der Waals surface area contributed by atoms with Crippen molar-refractivity contribution in [3.8, 4) is 0 Å². The van der Waals surface area contributed by atoms with Gasteiger partial charge in [0.25, 0.3) is 15.9 Å². The molecule has 2 aromatic rings. The highest BCUT2D eigenvalue weighted by Gasteiger charge is 2.18. The van der Waals surface area contributed by atoms with Gasteiger partial charge in [-0.15, -0.1) is 6.58 Å². The number of anilines is 1. The SMILES string of the molecule is C=CCNC(=O)c1ccccc1NS(=O)(=O)c1cccc(F)c1. The fourth-order valence-electron chi connectivity index (χ4n) is 1.87. The summed E-state index contributed by atoms with van der Waals surface area (Å²) in [5.74, 6) is -1.10. The van der Waals surface area contributed by atoms with Gasteiger partial charge in [0.1, 0.15) is 5.82 Å². The fourth-order valence-corrected chi connectivity index (χ4v) is 2.98. The van der Waals surface area contributed by atoms with Crippen LogP contribution in [0.3, 0.4) is 0 Å². The predicted octanol–water partition coefficient (Wildman–Crippen LogP) is 2.54. The van der Waals surface area contributed by atoms with Crippen molar-refractivity contribution in [1.29, 1.82) is 0 Å². The van der Waals surface area contributed by atoms with E-state index in [1.165, 1.54) is 30.3 Å². The normalized spacial score (nSPS) is 10.8. The third-order valence-electron chi connectivity index (χ3n) is 2.93. The minimum absolute atomic E-state index is 0.110. The van der Waals surface area contributed by atoms with Gasteiger partial charge in [0.05, 0.1) is 16.1 Å². The van der Waals surface area contributed by atoms with Crippen molar-refractivity contribution in [3.05, 3.63) is 72.6 Å². The first-order valence-corrected chi connectivity index (χ1v) is 8.19. The van der Waals surface area contributed by atoms with Crippen LogP contribution in [0.1, 0.15) is 10.4 Å². The Kier molecular flexibility index (Phi) is 5.13. The summed E-state index contributed by atoms with van der Waals surface area (Å²) in [6, 6.07) is 10.8. The number of hydrogen-bond donors (Lipinski definition) is 2. The van der Waals surface area contributed by atoms with E-state index in [0.29, 0.717) is 0 Å². The summed E-state index contributed by atoms with van der Waals surface area (Å²) in [6.07, 6.45) is 1.51. The summed E-state index contributed by atoms with van der Waals surface area (Å²) in [6.45, 7) is 3.75. The van der Waals surface area contributed by atoms with E-state index < -0.39 is 21.7 Å². The topological polar surface area (TPSA) is 75.3 Å². The molecule has 5 nitrogen and oxygen atoms in total. The van der Waals surface area contributed by atoms with Gasteiger partial charge in [-0.3, -0.25) is 9.52 Å². The maximum Gasteiger partial charge on any atom is 0.262 e. The molecule has 2 aromatic carbocycles. The van der Waals surface area contributed by atoms with Crippen molar-refractivity contribution in [3.63, 3.8) is 0 Å². The molecule has 0 heterocycles. The molecule has 0 atom stereocenters. The maximum atomic E-state index is 13.2. The van der Waals surface area contributed by atoms with E-state index in [2.05, 4.69) is 16.6 Å². The predicted molar refractivity (Wildman–Crippen MR) is 86.2 cm³/mol. The van der Waals surface area contributed by atoms with E-state index in [-0.39, 0.29) is 22.7 Å². The van der Waals surface area contributed by atoms with Crippen LogP contribution in [0.5, 0.6) is 0 Å². The van der Waals surface area contributed by atoms with E-state index >= 15 is 0 Å². The molecule has 7 heteroatoms. The highest BCUT2D eigenvalue weighted by atomic mass is 32.2. The van der Waals surface area contributed by atoms with E-state index in [4.69, 9.17) is 0 Å². The quantitative estimate of drug-likeness (QED) is 0.797. The third-order valence-corrected chi connectivity index (χ3v) is 4.29. The first-order valence-electron chi connectivity index (χ1n) is 6.70. The van der Waals surface area contributed by atoms with E-state index in [1.54, 1.807) is 12.1 Å². The Morgan fingerprint density at radius 2 is 1.91 bits per heavy atom. The molecule has 1 amide bonds. The number of carbonyl (C=O) groups is 1. The lowest BCUT2D eigenvalue weighted by Gasteiger charge is -2.12. The molecule has 0 aliphatic rings. The van der Waals surface area contributed by atoms with Gasteiger partial charge in [-0.25, -0.2) is 12.8 Å². The summed E-state index contributed by atoms with van der Waals surface area (Å²) in [4.78, 5) is 11.8. The monoisotopic (exact) mass is 334 g/mol. The van der Waals surface area contributed by atoms with Gasteiger partial charge in [-0.2, -0.15) is 0 Å². The van der Waals surface area contributed by atoms with Crippen LogP contribution in [0.15, 0.2) is 66.1 Å². The standard InChI is InChI=1S/C16H15FN2O3S/c1-2-10-18-16(20)14-8-3-4-9-15(14)19-23(21,22)13-7-5-6-12(17)11-13/h2-9,11,19H,1,10H2,(H,18,20). The van der Waals surface area contributed by atoms with Crippen LogP contribution in [0.4, 0.5) is 10.1 Å². The van der Waals surface area contributed by atoms with E-state index in [9.17, 15) is 17.6 Å². The Labute approximate surface area is 133 Å². The van der Waals surface area contributed by atoms with Gasteiger partial charge in [-0.05, 0) is 30.3 Å². The zero-order valence-corrected chi connectivity index (χ0v) is 12.9. The Bertz CT molecular complexity index is 835. The van der Waals surface area contributed by atoms with Crippen molar-refractivity contribution < 1.29 is 17.6 Å². The Morgan fingerprint density at radius 1 is 1.17 bits per heavy atom. The summed E-state index contributed by atoms with van der Waals surface area (Å²) in [5, 5.41) is 2.57. The molecule has 0 bridgehead atoms. The number of hydrogen-bond acceptors (Lipinski definition) is 3. The molecule has 23 heavy (non-hydrogen) atoms. The molecule has 2 N–H and O–H groups in total. The summed E-state index contributed by atoms with van der Waals surface area (Å²) < 4.78 is 40.2. The largest absolute Gasteiger partial charge is 0.349 e. The highest BCUT2D eigenvalue weighted by Crippen LogP contribution is 2.20. The first-order chi connectivity index (χ1) is 10.9. The molecule has 0 saturated carbocycles. The lowest BCUT2D eigenvalue weighted by atomic mass is 10.1. The molecule has 0 radical (unpaired) electrons. The van der Waals surface area contributed by atoms with Crippen molar-refractivity contribution in [1.82, 2.24) is 5.32 Å². The van der Waals surface area contributed by atoms with Gasteiger partial charge < -0.3 is 5.32 Å². The van der Waals surface area contributed by atoms with Gasteiger partial charge in [0.15, 0.2) is 0 Å². The smallest absolute Gasteiger partial charge is 0.262 e. The summed E-state index contributed by atoms with van der Waals surface area (Å²) in [7, 11) is -4.00. The molecule has 0 aliphatic carbocycles. The summed E-state index contributed by atoms with van der Waals surface area (Å²) in [5.41, 5.74) is 0.271. The second-order valence-corrected chi connectivity index (χ2v) is 6.29. The van der Waals surface area contributed by atoms with Gasteiger partial charge in [0, 0.05) is 6.54 Å². The Balaban J connectivity index is 2.33. The van der Waals surface area contributed by atoms with Crippen LogP contribution in [0, 0.1) is 5.82 Å². The number of nitrogens with one attached hydrogen (secondary N) is 2. The Morgan fingerprint density at radius 3 is 2.61 bits per heavy atom. The van der Waals surface area contributed by atoms with Gasteiger partial charge >= 0.3 is 0 Å². The maximum absolute atomic E-state index is 13.2. The number of carbonyl (C=O) groups excluding carboxylic acids is 1. The van der Waals surface area contributed by atoms with Crippen molar-refractivity contribution in [2.24, 2.45) is 0 Å². The Hall–Kier alpha value is -2.67. The molecule has 0 aromatic heterocycles. The lowest BCUT2D eigenvalue weighted by Crippen LogP contribution is -2.25. The van der Waals surface area contributed by atoms with Crippen molar-refractivity contribution in [2.75, 3.05) is 11.3 Å². The summed E-state index contributed by atoms with van der Waals surface area (Å²) >= 11 is 0. The van der Waals surface area contributed by atoms with Crippen LogP contribution < -0.4 is 10.0 Å². The number of amides is 1. The zero-order valence-electron chi connectivity index (χ0n) is 12.1. The second-order valence-electron chi connectivity index (χ2n) is 4.61. The number of sulfonamides is 1. The average Bonchev–Trinajstić information content (AvgIpc) is 2.53. The molecule has 0 aliphatic heterocycles. The molecular weight excluding hydrogens is 319 g/mol. The van der Waals surface area contributed by atoms with Crippen LogP contribution >= 0.6 is 0 Å². The molecule has 0 saturated heterocycles. The van der Waals surface area contributed by atoms with Crippen molar-refractivity contribution in [2.45, 2.75) is 4.90 Å². The molecule has 0 unspecified atom stereocenters. The highest BCUT2D eigenvalue weighted by molar-refractivity contribution is 7.92. The first kappa shape index (κ1) is 16.7. The molecule has 2 rings (SSSR count). The number of halogens is 1. The zero-order chi connectivity index (χ0) is 16.9. The van der Waals surface area contributed by atoms with E-state index in [1.807, 2.05) is 0 Å². The molecular formula is C16H15FN2O3S. The lowest BCUT2D eigenvalue weighted by molar-refractivity contribution is 0.0959. The minimum atomic E-state index is -4.00. The van der Waals surface area contributed by atoms with Crippen LogP contribution in [0.25, 0.3) is 0 Å². The average molecular weight is 334 g/mol. The van der Waals surface area contributed by atoms with Crippen LogP contribution in [-0.2, 0) is 10.0 Å². The van der Waals surface area contributed by atoms with Crippen molar-refractivity contribution >= 4 is 21.6 Å².